The molecule has 25 heavy (non-hydrogen) atoms. The lowest BCUT2D eigenvalue weighted by atomic mass is 10.3. The first kappa shape index (κ1) is 18.8. The topological polar surface area (TPSA) is 93.7 Å². The second-order valence-corrected chi connectivity index (χ2v) is 6.55. The van der Waals surface area contributed by atoms with Gasteiger partial charge in [0.25, 0.3) is 11.8 Å². The number of carbonyl (C=O) groups excluding carboxylic acids is 3. The highest BCUT2D eigenvalue weighted by molar-refractivity contribution is 7.13. The lowest BCUT2D eigenvalue weighted by molar-refractivity contribution is -0.131. The first-order valence-corrected chi connectivity index (χ1v) is 8.33. The van der Waals surface area contributed by atoms with Gasteiger partial charge in [-0.25, -0.2) is 4.79 Å². The van der Waals surface area contributed by atoms with Gasteiger partial charge in [0, 0.05) is 9.90 Å². The van der Waals surface area contributed by atoms with Crippen molar-refractivity contribution in [1.29, 1.82) is 0 Å². The first-order valence-electron chi connectivity index (χ1n) is 7.13. The second kappa shape index (κ2) is 9.05. The summed E-state index contributed by atoms with van der Waals surface area (Å²) in [6.45, 7) is 1.06. The van der Waals surface area contributed by atoms with Crippen molar-refractivity contribution in [1.82, 2.24) is 10.9 Å². The summed E-state index contributed by atoms with van der Waals surface area (Å²) >= 11 is 7.00. The highest BCUT2D eigenvalue weighted by Gasteiger charge is 2.12. The molecule has 1 aromatic carbocycles. The maximum absolute atomic E-state index is 11.7. The van der Waals surface area contributed by atoms with Gasteiger partial charge in [-0.2, -0.15) is 0 Å². The molecule has 0 aliphatic carbocycles. The Hall–Kier alpha value is -2.58. The van der Waals surface area contributed by atoms with Crippen LogP contribution in [0.2, 0.25) is 5.02 Å². The predicted molar refractivity (Wildman–Crippen MR) is 92.6 cm³/mol. The number of halogens is 1. The van der Waals surface area contributed by atoms with E-state index in [1.807, 2.05) is 6.92 Å². The molecule has 0 aliphatic rings. The lowest BCUT2D eigenvalue weighted by Crippen LogP contribution is -2.45. The molecule has 0 fully saturated rings. The van der Waals surface area contributed by atoms with Crippen LogP contribution in [0.3, 0.4) is 0 Å². The third-order valence-corrected chi connectivity index (χ3v) is 4.03. The monoisotopic (exact) mass is 382 g/mol. The third kappa shape index (κ3) is 6.44. The number of hydrazine groups is 1. The van der Waals surface area contributed by atoms with Gasteiger partial charge in [0.05, 0.1) is 0 Å². The second-order valence-electron chi connectivity index (χ2n) is 4.83. The van der Waals surface area contributed by atoms with Crippen LogP contribution in [0.4, 0.5) is 0 Å². The van der Waals surface area contributed by atoms with Crippen LogP contribution in [0.25, 0.3) is 0 Å². The molecule has 132 valence electrons. The number of nitrogens with one attached hydrogen (secondary N) is 2. The molecule has 2 rings (SSSR count). The number of hydrogen-bond donors (Lipinski definition) is 2. The van der Waals surface area contributed by atoms with Gasteiger partial charge in [0.15, 0.2) is 13.2 Å². The van der Waals surface area contributed by atoms with Crippen molar-refractivity contribution in [3.63, 3.8) is 0 Å². The average Bonchev–Trinajstić information content (AvgIpc) is 3.04. The number of rotatable bonds is 6. The van der Waals surface area contributed by atoms with Crippen LogP contribution in [0, 0.1) is 6.92 Å². The zero-order chi connectivity index (χ0) is 18.2. The van der Waals surface area contributed by atoms with E-state index in [-0.39, 0.29) is 6.61 Å². The van der Waals surface area contributed by atoms with E-state index in [4.69, 9.17) is 21.1 Å². The molecule has 1 heterocycles. The number of amides is 2. The average molecular weight is 383 g/mol. The van der Waals surface area contributed by atoms with Crippen molar-refractivity contribution in [2.75, 3.05) is 13.2 Å². The van der Waals surface area contributed by atoms with Crippen LogP contribution in [-0.4, -0.2) is 31.0 Å². The summed E-state index contributed by atoms with van der Waals surface area (Å²) in [5, 5.41) is 0.552. The minimum Gasteiger partial charge on any atom is -0.484 e. The molecule has 0 bridgehead atoms. The van der Waals surface area contributed by atoms with Gasteiger partial charge in [-0.05, 0) is 43.3 Å². The van der Waals surface area contributed by atoms with Gasteiger partial charge in [-0.3, -0.25) is 20.4 Å². The molecule has 0 spiro atoms. The fourth-order valence-electron chi connectivity index (χ4n) is 1.64. The Morgan fingerprint density at radius 3 is 2.24 bits per heavy atom. The van der Waals surface area contributed by atoms with E-state index in [1.165, 1.54) is 11.3 Å². The minimum absolute atomic E-state index is 0.295. The third-order valence-electron chi connectivity index (χ3n) is 2.80. The summed E-state index contributed by atoms with van der Waals surface area (Å²) < 4.78 is 10.0. The largest absolute Gasteiger partial charge is 0.484 e. The quantitative estimate of drug-likeness (QED) is 0.589. The van der Waals surface area contributed by atoms with Gasteiger partial charge >= 0.3 is 5.97 Å². The molecular formula is C16H15ClN2O5S. The minimum atomic E-state index is -0.665. The Kier molecular flexibility index (Phi) is 6.79. The van der Waals surface area contributed by atoms with Crippen LogP contribution in [-0.2, 0) is 14.3 Å². The molecule has 0 radical (unpaired) electrons. The molecule has 9 heteroatoms. The molecule has 2 N–H and O–H groups in total. The van der Waals surface area contributed by atoms with Crippen molar-refractivity contribution in [3.8, 4) is 5.75 Å². The maximum atomic E-state index is 11.7. The standard InChI is InChI=1S/C16H15ClN2O5S/c1-10-2-7-13(25-10)16(22)24-9-15(21)19-18-14(20)8-23-12-5-3-11(17)4-6-12/h2-7H,8-9H2,1H3,(H,18,20)(H,19,21). The molecular weight excluding hydrogens is 368 g/mol. The maximum Gasteiger partial charge on any atom is 0.348 e. The number of aryl methyl sites for hydroxylation is 1. The van der Waals surface area contributed by atoms with E-state index in [0.29, 0.717) is 15.6 Å². The van der Waals surface area contributed by atoms with Crippen molar-refractivity contribution in [2.45, 2.75) is 6.92 Å². The zero-order valence-electron chi connectivity index (χ0n) is 13.2. The predicted octanol–water partition coefficient (Wildman–Crippen LogP) is 2.09. The summed E-state index contributed by atoms with van der Waals surface area (Å²) in [6, 6.07) is 9.87. The van der Waals surface area contributed by atoms with Crippen LogP contribution in [0.15, 0.2) is 36.4 Å². The van der Waals surface area contributed by atoms with Gasteiger partial charge in [0.1, 0.15) is 10.6 Å². The summed E-state index contributed by atoms with van der Waals surface area (Å²) in [6.07, 6.45) is 0. The van der Waals surface area contributed by atoms with Crippen molar-refractivity contribution < 1.29 is 23.9 Å². The molecule has 0 saturated carbocycles. The number of carbonyl (C=O) groups is 3. The van der Waals surface area contributed by atoms with E-state index in [1.54, 1.807) is 36.4 Å². The van der Waals surface area contributed by atoms with Crippen LogP contribution in [0.5, 0.6) is 5.75 Å². The van der Waals surface area contributed by atoms with E-state index in [2.05, 4.69) is 10.9 Å². The van der Waals surface area contributed by atoms with Crippen molar-refractivity contribution >= 4 is 40.7 Å². The number of hydrogen-bond acceptors (Lipinski definition) is 6. The molecule has 1 aromatic heterocycles. The van der Waals surface area contributed by atoms with E-state index in [0.717, 1.165) is 4.88 Å². The van der Waals surface area contributed by atoms with Gasteiger partial charge < -0.3 is 9.47 Å². The van der Waals surface area contributed by atoms with Crippen LogP contribution in [0.1, 0.15) is 14.5 Å². The Bertz CT molecular complexity index is 760. The normalized spacial score (nSPS) is 10.0. The Labute approximate surface area is 152 Å². The van der Waals surface area contributed by atoms with E-state index < -0.39 is 24.4 Å². The van der Waals surface area contributed by atoms with Crippen molar-refractivity contribution in [2.24, 2.45) is 0 Å². The van der Waals surface area contributed by atoms with Crippen LogP contribution >= 0.6 is 22.9 Å². The smallest absolute Gasteiger partial charge is 0.348 e. The fraction of sp³-hybridized carbons (Fsp3) is 0.188. The number of benzene rings is 1. The van der Waals surface area contributed by atoms with Crippen molar-refractivity contribution in [3.05, 3.63) is 51.2 Å². The SMILES string of the molecule is Cc1ccc(C(=O)OCC(=O)NNC(=O)COc2ccc(Cl)cc2)s1. The Morgan fingerprint density at radius 2 is 1.64 bits per heavy atom. The number of ether oxygens (including phenoxy) is 2. The first-order chi connectivity index (χ1) is 11.9. The zero-order valence-corrected chi connectivity index (χ0v) is 14.8. The van der Waals surface area contributed by atoms with Crippen LogP contribution < -0.4 is 15.6 Å². The Balaban J connectivity index is 1.64. The number of thiophene rings is 1. The molecule has 0 aliphatic heterocycles. The summed E-state index contributed by atoms with van der Waals surface area (Å²) in [7, 11) is 0. The number of esters is 1. The molecule has 0 atom stereocenters. The summed E-state index contributed by atoms with van der Waals surface area (Å²) in [5.41, 5.74) is 4.28. The summed E-state index contributed by atoms with van der Waals surface area (Å²) in [4.78, 5) is 36.2. The summed E-state index contributed by atoms with van der Waals surface area (Å²) in [5.74, 6) is -1.36. The van der Waals surface area contributed by atoms with Gasteiger partial charge in [-0.15, -0.1) is 11.3 Å². The highest BCUT2D eigenvalue weighted by Crippen LogP contribution is 2.16. The molecule has 0 unspecified atom stereocenters. The Morgan fingerprint density at radius 1 is 1.00 bits per heavy atom. The van der Waals surface area contributed by atoms with E-state index in [9.17, 15) is 14.4 Å². The molecule has 2 amide bonds. The lowest BCUT2D eigenvalue weighted by Gasteiger charge is -2.09. The van der Waals surface area contributed by atoms with E-state index >= 15 is 0 Å². The molecule has 2 aromatic rings. The van der Waals surface area contributed by atoms with Gasteiger partial charge in [0.2, 0.25) is 0 Å². The highest BCUT2D eigenvalue weighted by atomic mass is 35.5. The molecule has 0 saturated heterocycles. The fourth-order valence-corrected chi connectivity index (χ4v) is 2.53. The molecule has 7 nitrogen and oxygen atoms in total. The van der Waals surface area contributed by atoms with Gasteiger partial charge in [-0.1, -0.05) is 11.6 Å².